The fourth-order valence-corrected chi connectivity index (χ4v) is 3.88. The number of rotatable bonds is 5. The summed E-state index contributed by atoms with van der Waals surface area (Å²) in [6, 6.07) is 0. The van der Waals surface area contributed by atoms with Crippen LogP contribution in [0.5, 0.6) is 0 Å². The van der Waals surface area contributed by atoms with Gasteiger partial charge in [0.15, 0.2) is 0 Å². The van der Waals surface area contributed by atoms with Crippen molar-refractivity contribution in [1.82, 2.24) is 4.90 Å². The number of piperidine rings is 1. The fraction of sp³-hybridized carbons (Fsp3) is 0.938. The maximum atomic E-state index is 11.5. The Morgan fingerprint density at radius 1 is 1.25 bits per heavy atom. The summed E-state index contributed by atoms with van der Waals surface area (Å²) in [5.74, 6) is -0.305. The number of carbonyl (C=O) groups excluding carboxylic acids is 1. The van der Waals surface area contributed by atoms with E-state index in [1.54, 1.807) is 6.92 Å². The maximum absolute atomic E-state index is 11.5. The molecule has 1 aliphatic carbocycles. The van der Waals surface area contributed by atoms with Crippen LogP contribution < -0.4 is 5.73 Å². The highest BCUT2D eigenvalue weighted by atomic mass is 16.5. The van der Waals surface area contributed by atoms with E-state index in [9.17, 15) is 4.79 Å². The second-order valence-electron chi connectivity index (χ2n) is 7.06. The predicted octanol–water partition coefficient (Wildman–Crippen LogP) is 2.31. The summed E-state index contributed by atoms with van der Waals surface area (Å²) >= 11 is 0. The van der Waals surface area contributed by atoms with Crippen LogP contribution in [0.2, 0.25) is 0 Å². The first kappa shape index (κ1) is 15.8. The van der Waals surface area contributed by atoms with Gasteiger partial charge in [-0.25, -0.2) is 0 Å². The van der Waals surface area contributed by atoms with Gasteiger partial charge in [-0.1, -0.05) is 12.8 Å². The summed E-state index contributed by atoms with van der Waals surface area (Å²) in [5, 5.41) is 0. The number of nitrogens with zero attached hydrogens (tertiary/aromatic N) is 1. The SMILES string of the molecule is COC(=O)C(C)(N)CCCN1CCC2(CCCC2)CC1. The number of hydrogen-bond donors (Lipinski definition) is 1. The molecule has 0 radical (unpaired) electrons. The molecule has 2 aliphatic rings. The van der Waals surface area contributed by atoms with Crippen molar-refractivity contribution < 1.29 is 9.53 Å². The summed E-state index contributed by atoms with van der Waals surface area (Å²) in [5.41, 5.74) is 5.84. The van der Waals surface area contributed by atoms with Crippen LogP contribution in [0, 0.1) is 5.41 Å². The van der Waals surface area contributed by atoms with E-state index in [2.05, 4.69) is 4.90 Å². The van der Waals surface area contributed by atoms with Gasteiger partial charge in [0.05, 0.1) is 7.11 Å². The van der Waals surface area contributed by atoms with E-state index in [-0.39, 0.29) is 5.97 Å². The van der Waals surface area contributed by atoms with Gasteiger partial charge in [0.2, 0.25) is 0 Å². The Morgan fingerprint density at radius 3 is 2.40 bits per heavy atom. The van der Waals surface area contributed by atoms with Gasteiger partial charge in [-0.15, -0.1) is 0 Å². The minimum atomic E-state index is -0.836. The van der Waals surface area contributed by atoms with Crippen molar-refractivity contribution in [3.05, 3.63) is 0 Å². The molecule has 20 heavy (non-hydrogen) atoms. The van der Waals surface area contributed by atoms with Gasteiger partial charge in [-0.3, -0.25) is 4.79 Å². The van der Waals surface area contributed by atoms with Crippen molar-refractivity contribution in [2.45, 2.75) is 63.8 Å². The Balaban J connectivity index is 1.67. The van der Waals surface area contributed by atoms with E-state index >= 15 is 0 Å². The van der Waals surface area contributed by atoms with Crippen LogP contribution in [0.1, 0.15) is 58.3 Å². The lowest BCUT2D eigenvalue weighted by Gasteiger charge is -2.39. The van der Waals surface area contributed by atoms with Gasteiger partial charge < -0.3 is 15.4 Å². The van der Waals surface area contributed by atoms with Crippen LogP contribution in [0.3, 0.4) is 0 Å². The Bertz CT molecular complexity index is 325. The molecule has 1 saturated carbocycles. The van der Waals surface area contributed by atoms with Crippen LogP contribution in [0.25, 0.3) is 0 Å². The highest BCUT2D eigenvalue weighted by Gasteiger charge is 2.37. The van der Waals surface area contributed by atoms with Crippen molar-refractivity contribution >= 4 is 5.97 Å². The predicted molar refractivity (Wildman–Crippen MR) is 80.4 cm³/mol. The van der Waals surface area contributed by atoms with Gasteiger partial charge in [-0.05, 0) is 70.5 Å². The first-order chi connectivity index (χ1) is 9.47. The second kappa shape index (κ2) is 6.44. The van der Waals surface area contributed by atoms with Crippen molar-refractivity contribution in [1.29, 1.82) is 0 Å². The Labute approximate surface area is 123 Å². The average molecular weight is 282 g/mol. The normalized spacial score (nSPS) is 25.6. The molecule has 0 aromatic rings. The number of esters is 1. The topological polar surface area (TPSA) is 55.6 Å². The van der Waals surface area contributed by atoms with E-state index in [4.69, 9.17) is 10.5 Å². The zero-order valence-corrected chi connectivity index (χ0v) is 13.1. The Hall–Kier alpha value is -0.610. The standard InChI is InChI=1S/C16H30N2O2/c1-15(17,14(19)20-2)6-5-11-18-12-9-16(10-13-18)7-3-4-8-16/h3-13,17H2,1-2H3. The van der Waals surface area contributed by atoms with Crippen molar-refractivity contribution in [3.8, 4) is 0 Å². The van der Waals surface area contributed by atoms with Crippen molar-refractivity contribution in [3.63, 3.8) is 0 Å². The molecule has 0 amide bonds. The highest BCUT2D eigenvalue weighted by Crippen LogP contribution is 2.46. The molecule has 2 fully saturated rings. The largest absolute Gasteiger partial charge is 0.468 e. The molecule has 2 rings (SSSR count). The zero-order valence-electron chi connectivity index (χ0n) is 13.1. The third-order valence-corrected chi connectivity index (χ3v) is 5.40. The quantitative estimate of drug-likeness (QED) is 0.786. The van der Waals surface area contributed by atoms with Crippen molar-refractivity contribution in [2.75, 3.05) is 26.7 Å². The van der Waals surface area contributed by atoms with E-state index in [0.717, 1.165) is 13.0 Å². The van der Waals surface area contributed by atoms with Gasteiger partial charge >= 0.3 is 5.97 Å². The lowest BCUT2D eigenvalue weighted by molar-refractivity contribution is -0.146. The molecular formula is C16H30N2O2. The van der Waals surface area contributed by atoms with Crippen LogP contribution >= 0.6 is 0 Å². The first-order valence-corrected chi connectivity index (χ1v) is 8.07. The summed E-state index contributed by atoms with van der Waals surface area (Å²) in [6.07, 6.45) is 10.2. The molecule has 1 atom stereocenters. The summed E-state index contributed by atoms with van der Waals surface area (Å²) < 4.78 is 4.74. The van der Waals surface area contributed by atoms with E-state index in [1.165, 1.54) is 58.7 Å². The molecule has 2 N–H and O–H groups in total. The maximum Gasteiger partial charge on any atom is 0.325 e. The Morgan fingerprint density at radius 2 is 1.85 bits per heavy atom. The third-order valence-electron chi connectivity index (χ3n) is 5.40. The minimum Gasteiger partial charge on any atom is -0.468 e. The molecule has 1 aliphatic heterocycles. The van der Waals surface area contributed by atoms with E-state index in [0.29, 0.717) is 11.8 Å². The summed E-state index contributed by atoms with van der Waals surface area (Å²) in [6.45, 7) is 5.27. The smallest absolute Gasteiger partial charge is 0.325 e. The molecule has 1 spiro atoms. The lowest BCUT2D eigenvalue weighted by atomic mass is 9.77. The molecule has 4 nitrogen and oxygen atoms in total. The molecule has 116 valence electrons. The number of methoxy groups -OCH3 is 1. The van der Waals surface area contributed by atoms with Crippen molar-refractivity contribution in [2.24, 2.45) is 11.1 Å². The third kappa shape index (κ3) is 3.73. The number of likely N-dealkylation sites (tertiary alicyclic amines) is 1. The molecule has 1 unspecified atom stereocenters. The number of ether oxygens (including phenoxy) is 1. The second-order valence-corrected chi connectivity index (χ2v) is 7.06. The molecule has 4 heteroatoms. The monoisotopic (exact) mass is 282 g/mol. The highest BCUT2D eigenvalue weighted by molar-refractivity contribution is 5.79. The van der Waals surface area contributed by atoms with Gasteiger partial charge in [0.1, 0.15) is 5.54 Å². The van der Waals surface area contributed by atoms with E-state index < -0.39 is 5.54 Å². The van der Waals surface area contributed by atoms with E-state index in [1.807, 2.05) is 0 Å². The van der Waals surface area contributed by atoms with Gasteiger partial charge in [0, 0.05) is 0 Å². The molecule has 0 aromatic carbocycles. The molecule has 1 saturated heterocycles. The number of hydrogen-bond acceptors (Lipinski definition) is 4. The lowest BCUT2D eigenvalue weighted by Crippen LogP contribution is -2.46. The molecule has 1 heterocycles. The molecular weight excluding hydrogens is 252 g/mol. The zero-order chi connectivity index (χ0) is 14.6. The first-order valence-electron chi connectivity index (χ1n) is 8.07. The average Bonchev–Trinajstić information content (AvgIpc) is 2.88. The minimum absolute atomic E-state index is 0.305. The van der Waals surface area contributed by atoms with Crippen LogP contribution in [-0.4, -0.2) is 43.2 Å². The fourth-order valence-electron chi connectivity index (χ4n) is 3.88. The van der Waals surface area contributed by atoms with Gasteiger partial charge in [-0.2, -0.15) is 0 Å². The summed E-state index contributed by atoms with van der Waals surface area (Å²) in [7, 11) is 1.40. The van der Waals surface area contributed by atoms with Crippen LogP contribution in [-0.2, 0) is 9.53 Å². The number of nitrogens with two attached hydrogens (primary N) is 1. The Kier molecular flexibility index (Phi) is 5.08. The number of carbonyl (C=O) groups is 1. The van der Waals surface area contributed by atoms with Crippen LogP contribution in [0.15, 0.2) is 0 Å². The summed E-state index contributed by atoms with van der Waals surface area (Å²) in [4.78, 5) is 14.1. The van der Waals surface area contributed by atoms with Gasteiger partial charge in [0.25, 0.3) is 0 Å². The molecule has 0 bridgehead atoms. The molecule has 0 aromatic heterocycles. The van der Waals surface area contributed by atoms with Crippen LogP contribution in [0.4, 0.5) is 0 Å².